The van der Waals surface area contributed by atoms with Crippen LogP contribution in [0.1, 0.15) is 34.6 Å². The van der Waals surface area contributed by atoms with Crippen LogP contribution in [0.2, 0.25) is 0 Å². The molecular formula is C14H19O4. The highest BCUT2D eigenvalue weighted by Crippen LogP contribution is 2.38. The summed E-state index contributed by atoms with van der Waals surface area (Å²) in [6, 6.07) is 6.22. The molecule has 1 aromatic rings. The summed E-state index contributed by atoms with van der Waals surface area (Å²) < 4.78 is 16.3. The average molecular weight is 251 g/mol. The molecule has 0 aliphatic carbocycles. The fourth-order valence-corrected chi connectivity index (χ4v) is 1.36. The van der Waals surface area contributed by atoms with E-state index in [0.29, 0.717) is 11.5 Å². The number of carbonyl (C=O) groups is 1. The van der Waals surface area contributed by atoms with Gasteiger partial charge in [0.1, 0.15) is 0 Å². The Hall–Kier alpha value is -1.71. The number of hydrogen-bond acceptors (Lipinski definition) is 4. The quantitative estimate of drug-likeness (QED) is 0.596. The van der Waals surface area contributed by atoms with Crippen molar-refractivity contribution >= 4 is 5.97 Å². The van der Waals surface area contributed by atoms with Crippen molar-refractivity contribution in [3.63, 3.8) is 0 Å². The SMILES string of the molecule is CC(=O)Oc1[c]ccc(OC(C)C)c1OC(C)C. The zero-order chi connectivity index (χ0) is 13.7. The summed E-state index contributed by atoms with van der Waals surface area (Å²) in [6.45, 7) is 8.96. The highest BCUT2D eigenvalue weighted by atomic mass is 16.6. The smallest absolute Gasteiger partial charge is 0.308 e. The second-order valence-corrected chi connectivity index (χ2v) is 4.43. The summed E-state index contributed by atoms with van der Waals surface area (Å²) in [5, 5.41) is 0. The van der Waals surface area contributed by atoms with Gasteiger partial charge in [-0.25, -0.2) is 0 Å². The van der Waals surface area contributed by atoms with Crippen LogP contribution < -0.4 is 14.2 Å². The molecule has 0 aliphatic rings. The van der Waals surface area contributed by atoms with Gasteiger partial charge in [-0.15, -0.1) is 0 Å². The minimum Gasteiger partial charge on any atom is -0.487 e. The van der Waals surface area contributed by atoms with E-state index >= 15 is 0 Å². The molecule has 18 heavy (non-hydrogen) atoms. The van der Waals surface area contributed by atoms with Crippen molar-refractivity contribution in [1.29, 1.82) is 0 Å². The Bertz CT molecular complexity index is 410. The highest BCUT2D eigenvalue weighted by molar-refractivity contribution is 5.71. The fourth-order valence-electron chi connectivity index (χ4n) is 1.36. The van der Waals surface area contributed by atoms with Crippen molar-refractivity contribution in [3.8, 4) is 17.2 Å². The minimum atomic E-state index is -0.415. The van der Waals surface area contributed by atoms with Crippen LogP contribution in [-0.2, 0) is 4.79 Å². The third kappa shape index (κ3) is 4.28. The molecule has 0 aliphatic heterocycles. The second-order valence-electron chi connectivity index (χ2n) is 4.43. The van der Waals surface area contributed by atoms with Crippen LogP contribution in [0.25, 0.3) is 0 Å². The molecule has 0 spiro atoms. The van der Waals surface area contributed by atoms with Gasteiger partial charge in [-0.1, -0.05) is 0 Å². The minimum absolute atomic E-state index is 0.00657. The predicted molar refractivity (Wildman–Crippen MR) is 68.1 cm³/mol. The van der Waals surface area contributed by atoms with Gasteiger partial charge in [-0.05, 0) is 39.8 Å². The lowest BCUT2D eigenvalue weighted by Crippen LogP contribution is -2.13. The summed E-state index contributed by atoms with van der Waals surface area (Å²) in [7, 11) is 0. The van der Waals surface area contributed by atoms with Gasteiger partial charge in [0.05, 0.1) is 12.2 Å². The fraction of sp³-hybridized carbons (Fsp3) is 0.500. The van der Waals surface area contributed by atoms with Gasteiger partial charge < -0.3 is 14.2 Å². The van der Waals surface area contributed by atoms with Gasteiger partial charge in [0.2, 0.25) is 5.75 Å². The Morgan fingerprint density at radius 1 is 1.17 bits per heavy atom. The molecule has 0 bridgehead atoms. The summed E-state index contributed by atoms with van der Waals surface area (Å²) in [5.74, 6) is 0.806. The first-order valence-electron chi connectivity index (χ1n) is 5.96. The number of carbonyl (C=O) groups excluding carboxylic acids is 1. The molecule has 1 aromatic carbocycles. The van der Waals surface area contributed by atoms with Crippen molar-refractivity contribution in [2.45, 2.75) is 46.8 Å². The zero-order valence-corrected chi connectivity index (χ0v) is 11.4. The van der Waals surface area contributed by atoms with Crippen LogP contribution in [-0.4, -0.2) is 18.2 Å². The Morgan fingerprint density at radius 3 is 2.28 bits per heavy atom. The van der Waals surface area contributed by atoms with E-state index in [1.54, 1.807) is 12.1 Å². The Morgan fingerprint density at radius 2 is 1.78 bits per heavy atom. The molecule has 99 valence electrons. The normalized spacial score (nSPS) is 10.6. The molecule has 0 aromatic heterocycles. The molecule has 4 nitrogen and oxygen atoms in total. The molecule has 0 atom stereocenters. The van der Waals surface area contributed by atoms with E-state index in [1.165, 1.54) is 6.92 Å². The molecule has 1 rings (SSSR count). The summed E-state index contributed by atoms with van der Waals surface area (Å²) in [4.78, 5) is 11.0. The molecule has 1 radical (unpaired) electrons. The average Bonchev–Trinajstić information content (AvgIpc) is 2.20. The molecule has 0 unspecified atom stereocenters. The lowest BCUT2D eigenvalue weighted by molar-refractivity contribution is -0.132. The molecule has 0 fully saturated rings. The number of hydrogen-bond donors (Lipinski definition) is 0. The number of esters is 1. The molecule has 0 saturated heterocycles. The van der Waals surface area contributed by atoms with Crippen LogP contribution in [0.3, 0.4) is 0 Å². The van der Waals surface area contributed by atoms with Crippen molar-refractivity contribution in [3.05, 3.63) is 18.2 Å². The first kappa shape index (κ1) is 14.4. The van der Waals surface area contributed by atoms with E-state index < -0.39 is 5.97 Å². The van der Waals surface area contributed by atoms with E-state index in [2.05, 4.69) is 6.07 Å². The van der Waals surface area contributed by atoms with Gasteiger partial charge in [-0.3, -0.25) is 4.79 Å². The predicted octanol–water partition coefficient (Wildman–Crippen LogP) is 2.99. The van der Waals surface area contributed by atoms with Gasteiger partial charge in [0, 0.05) is 13.0 Å². The van der Waals surface area contributed by atoms with Crippen LogP contribution in [0.15, 0.2) is 12.1 Å². The third-order valence-corrected chi connectivity index (χ3v) is 1.84. The third-order valence-electron chi connectivity index (χ3n) is 1.84. The van der Waals surface area contributed by atoms with E-state index in [9.17, 15) is 4.79 Å². The van der Waals surface area contributed by atoms with E-state index in [4.69, 9.17) is 14.2 Å². The van der Waals surface area contributed by atoms with E-state index in [0.717, 1.165) is 0 Å². The zero-order valence-electron chi connectivity index (χ0n) is 11.4. The number of rotatable bonds is 5. The molecule has 0 amide bonds. The largest absolute Gasteiger partial charge is 0.487 e. The lowest BCUT2D eigenvalue weighted by Gasteiger charge is -2.18. The molecule has 0 saturated carbocycles. The van der Waals surface area contributed by atoms with E-state index in [1.807, 2.05) is 27.7 Å². The first-order valence-corrected chi connectivity index (χ1v) is 5.96. The van der Waals surface area contributed by atoms with Crippen LogP contribution in [0.4, 0.5) is 0 Å². The number of ether oxygens (including phenoxy) is 3. The molecule has 0 heterocycles. The summed E-state index contributed by atoms with van der Waals surface area (Å²) in [6.07, 6.45) is -0.0447. The maximum atomic E-state index is 11.0. The van der Waals surface area contributed by atoms with Gasteiger partial charge >= 0.3 is 5.97 Å². The van der Waals surface area contributed by atoms with E-state index in [-0.39, 0.29) is 18.0 Å². The van der Waals surface area contributed by atoms with Crippen LogP contribution in [0.5, 0.6) is 17.2 Å². The van der Waals surface area contributed by atoms with Crippen molar-refractivity contribution in [2.24, 2.45) is 0 Å². The Labute approximate surface area is 108 Å². The summed E-state index contributed by atoms with van der Waals surface area (Å²) in [5.41, 5.74) is 0. The van der Waals surface area contributed by atoms with Crippen LogP contribution >= 0.6 is 0 Å². The topological polar surface area (TPSA) is 44.8 Å². The van der Waals surface area contributed by atoms with Crippen molar-refractivity contribution < 1.29 is 19.0 Å². The monoisotopic (exact) mass is 251 g/mol. The maximum absolute atomic E-state index is 11.0. The number of benzene rings is 1. The van der Waals surface area contributed by atoms with Crippen LogP contribution in [0, 0.1) is 6.07 Å². The molecule has 4 heteroatoms. The second kappa shape index (κ2) is 6.28. The summed E-state index contributed by atoms with van der Waals surface area (Å²) >= 11 is 0. The first-order chi connectivity index (χ1) is 8.40. The Balaban J connectivity index is 3.11. The van der Waals surface area contributed by atoms with Gasteiger partial charge in [-0.2, -0.15) is 0 Å². The van der Waals surface area contributed by atoms with Crippen molar-refractivity contribution in [2.75, 3.05) is 0 Å². The lowest BCUT2D eigenvalue weighted by atomic mass is 10.2. The molecule has 0 N–H and O–H groups in total. The maximum Gasteiger partial charge on any atom is 0.308 e. The van der Waals surface area contributed by atoms with Gasteiger partial charge in [0.15, 0.2) is 11.5 Å². The standard InChI is InChI=1S/C14H19O4/c1-9(2)16-12-7-6-8-13(18-11(5)15)14(12)17-10(3)4/h6-7,9-10H,1-5H3. The Kier molecular flexibility index (Phi) is 5.01. The van der Waals surface area contributed by atoms with Crippen molar-refractivity contribution in [1.82, 2.24) is 0 Å². The molecular weight excluding hydrogens is 232 g/mol. The van der Waals surface area contributed by atoms with Gasteiger partial charge in [0.25, 0.3) is 0 Å². The highest BCUT2D eigenvalue weighted by Gasteiger charge is 2.16.